The molecule has 0 spiro atoms. The van der Waals surface area contributed by atoms with Crippen LogP contribution in [0.4, 0.5) is 0 Å². The summed E-state index contributed by atoms with van der Waals surface area (Å²) >= 11 is 0. The average Bonchev–Trinajstić information content (AvgIpc) is 3.35. The van der Waals surface area contributed by atoms with Gasteiger partial charge in [0.05, 0.1) is 23.8 Å². The minimum Gasteiger partial charge on any atom is -0.508 e. The Kier molecular flexibility index (Phi) is 6.90. The number of likely N-dealkylation sites (tertiary alicyclic amines) is 1. The van der Waals surface area contributed by atoms with E-state index in [0.717, 1.165) is 11.1 Å². The predicted molar refractivity (Wildman–Crippen MR) is 177 cm³/mol. The van der Waals surface area contributed by atoms with Gasteiger partial charge >= 0.3 is 0 Å². The number of imide groups is 1. The first-order valence-electron chi connectivity index (χ1n) is 16.2. The van der Waals surface area contributed by atoms with E-state index in [0.29, 0.717) is 28.7 Å². The number of aromatic hydroxyl groups is 1. The molecule has 1 saturated carbocycles. The van der Waals surface area contributed by atoms with Crippen molar-refractivity contribution in [1.82, 2.24) is 4.90 Å². The molecular formula is C41H33NO5. The average molecular weight is 620 g/mol. The highest BCUT2D eigenvalue weighted by atomic mass is 16.3. The van der Waals surface area contributed by atoms with Crippen LogP contribution in [0.15, 0.2) is 133 Å². The van der Waals surface area contributed by atoms with Crippen molar-refractivity contribution in [2.75, 3.05) is 0 Å². The third kappa shape index (κ3) is 4.31. The lowest BCUT2D eigenvalue weighted by molar-refractivity contribution is -0.141. The quantitative estimate of drug-likeness (QED) is 0.206. The zero-order valence-corrected chi connectivity index (χ0v) is 25.7. The molecule has 6 heteroatoms. The number of phenols is 1. The highest BCUT2D eigenvalue weighted by Crippen LogP contribution is 2.64. The molecule has 4 aliphatic rings. The van der Waals surface area contributed by atoms with Crippen molar-refractivity contribution in [2.45, 2.75) is 30.7 Å². The number of benzene rings is 4. The smallest absolute Gasteiger partial charge is 0.234 e. The normalized spacial score (nSPS) is 28.3. The molecule has 0 unspecified atom stereocenters. The second kappa shape index (κ2) is 11.2. The molecule has 0 bridgehead atoms. The van der Waals surface area contributed by atoms with E-state index in [2.05, 4.69) is 0 Å². The van der Waals surface area contributed by atoms with Crippen molar-refractivity contribution in [1.29, 1.82) is 0 Å². The van der Waals surface area contributed by atoms with Gasteiger partial charge in [0.25, 0.3) is 0 Å². The molecule has 47 heavy (non-hydrogen) atoms. The summed E-state index contributed by atoms with van der Waals surface area (Å²) in [5.41, 5.74) is 2.59. The van der Waals surface area contributed by atoms with E-state index in [1.165, 1.54) is 11.0 Å². The highest BCUT2D eigenvalue weighted by molar-refractivity contribution is 6.31. The zero-order chi connectivity index (χ0) is 32.3. The Balaban J connectivity index is 1.33. The summed E-state index contributed by atoms with van der Waals surface area (Å²) in [5.74, 6) is -4.04. The van der Waals surface area contributed by atoms with E-state index in [9.17, 15) is 24.3 Å². The second-order valence-electron chi connectivity index (χ2n) is 13.1. The fraction of sp³-hybridized carbons (Fsp3) is 0.220. The van der Waals surface area contributed by atoms with Crippen LogP contribution in [0.2, 0.25) is 0 Å². The van der Waals surface area contributed by atoms with Gasteiger partial charge in [-0.2, -0.15) is 0 Å². The number of hydrogen-bond donors (Lipinski definition) is 1. The van der Waals surface area contributed by atoms with Gasteiger partial charge in [0.15, 0.2) is 11.6 Å². The van der Waals surface area contributed by atoms with Crippen LogP contribution in [0.3, 0.4) is 0 Å². The van der Waals surface area contributed by atoms with Gasteiger partial charge in [-0.3, -0.25) is 24.1 Å². The summed E-state index contributed by atoms with van der Waals surface area (Å²) in [6.07, 6.45) is 4.10. The van der Waals surface area contributed by atoms with E-state index in [1.54, 1.807) is 12.1 Å². The molecule has 2 amide bonds. The maximum Gasteiger partial charge on any atom is 0.234 e. The summed E-state index contributed by atoms with van der Waals surface area (Å²) in [6, 6.07) is 35.1. The molecule has 4 aromatic carbocycles. The van der Waals surface area contributed by atoms with E-state index in [-0.39, 0.29) is 42.1 Å². The number of Topliss-reactive ketones (excluding diaryl/α,β-unsaturated/α-hetero) is 1. The van der Waals surface area contributed by atoms with Crippen LogP contribution in [0.1, 0.15) is 41.0 Å². The fourth-order valence-corrected chi connectivity index (χ4v) is 8.94. The van der Waals surface area contributed by atoms with Crippen LogP contribution in [-0.4, -0.2) is 33.4 Å². The largest absolute Gasteiger partial charge is 0.508 e. The molecule has 1 saturated heterocycles. The Morgan fingerprint density at radius 3 is 2.06 bits per heavy atom. The predicted octanol–water partition coefficient (Wildman–Crippen LogP) is 6.42. The van der Waals surface area contributed by atoms with Crippen LogP contribution in [-0.2, 0) is 31.1 Å². The molecule has 3 aliphatic carbocycles. The van der Waals surface area contributed by atoms with Crippen molar-refractivity contribution >= 4 is 29.0 Å². The van der Waals surface area contributed by atoms with Crippen LogP contribution in [0.5, 0.6) is 5.75 Å². The van der Waals surface area contributed by atoms with Gasteiger partial charge < -0.3 is 5.11 Å². The molecule has 8 rings (SSSR count). The van der Waals surface area contributed by atoms with Gasteiger partial charge in [0, 0.05) is 23.0 Å². The van der Waals surface area contributed by atoms with Gasteiger partial charge in [-0.1, -0.05) is 121 Å². The lowest BCUT2D eigenvalue weighted by Crippen LogP contribution is -2.58. The number of fused-ring (bicyclic) bond motifs is 4. The topological polar surface area (TPSA) is 91.8 Å². The van der Waals surface area contributed by atoms with E-state index in [1.807, 2.05) is 109 Å². The number of phenolic OH excluding ortho intramolecular Hbond substituents is 1. The SMILES string of the molecule is O=C1C(c2ccccc2)=CC(=O)[C@@]2(c3ccccc3)[C@@H](c3ccccc3O)C3=CC[C@@H]4C(=O)N(Cc5ccccc5)C(=O)[C@@H]4[C@@H]3C[C@@H]12. The Morgan fingerprint density at radius 2 is 1.36 bits per heavy atom. The Hall–Kier alpha value is -5.36. The number of ketones is 2. The highest BCUT2D eigenvalue weighted by Gasteiger charge is 2.66. The summed E-state index contributed by atoms with van der Waals surface area (Å²) in [4.78, 5) is 59.4. The summed E-state index contributed by atoms with van der Waals surface area (Å²) in [5, 5.41) is 11.4. The molecule has 6 nitrogen and oxygen atoms in total. The zero-order valence-electron chi connectivity index (χ0n) is 25.7. The maximum absolute atomic E-state index is 15.0. The standard InChI is InChI=1S/C41H33NO5/c43-34-19-11-10-18-29(34)37-28-20-21-30-36(40(47)42(39(30)46)24-25-12-4-1-5-13-25)32(28)22-33-38(45)31(26-14-6-2-7-15-26)23-35(44)41(33,37)27-16-8-3-9-17-27/h1-20,23,30,32-33,36-37,43H,21-22,24H2/t30-,32+,33-,36-,37+,41-/m0/s1. The number of carbonyl (C=O) groups is 4. The molecule has 232 valence electrons. The van der Waals surface area contributed by atoms with Gasteiger partial charge in [-0.25, -0.2) is 0 Å². The van der Waals surface area contributed by atoms with Gasteiger partial charge in [-0.05, 0) is 47.6 Å². The third-order valence-corrected chi connectivity index (χ3v) is 10.9. The molecular weight excluding hydrogens is 586 g/mol. The van der Waals surface area contributed by atoms with Crippen molar-refractivity contribution in [2.24, 2.45) is 23.7 Å². The van der Waals surface area contributed by atoms with Gasteiger partial charge in [0.1, 0.15) is 5.75 Å². The third-order valence-electron chi connectivity index (χ3n) is 10.9. The summed E-state index contributed by atoms with van der Waals surface area (Å²) < 4.78 is 0. The number of para-hydroxylation sites is 1. The number of carbonyl (C=O) groups excluding carboxylic acids is 4. The molecule has 1 N–H and O–H groups in total. The van der Waals surface area contributed by atoms with Gasteiger partial charge in [0.2, 0.25) is 11.8 Å². The minimum atomic E-state index is -1.36. The molecule has 6 atom stereocenters. The first-order chi connectivity index (χ1) is 22.9. The summed E-state index contributed by atoms with van der Waals surface area (Å²) in [7, 11) is 0. The maximum atomic E-state index is 15.0. The van der Waals surface area contributed by atoms with Crippen molar-refractivity contribution in [3.63, 3.8) is 0 Å². The van der Waals surface area contributed by atoms with Crippen LogP contribution >= 0.6 is 0 Å². The van der Waals surface area contributed by atoms with Crippen molar-refractivity contribution in [3.05, 3.63) is 155 Å². The Bertz CT molecular complexity index is 1980. The minimum absolute atomic E-state index is 0.0212. The molecule has 1 aliphatic heterocycles. The number of rotatable bonds is 5. The van der Waals surface area contributed by atoms with Crippen molar-refractivity contribution in [3.8, 4) is 5.75 Å². The molecule has 0 radical (unpaired) electrons. The lowest BCUT2D eigenvalue weighted by Gasteiger charge is -2.55. The Morgan fingerprint density at radius 1 is 0.723 bits per heavy atom. The second-order valence-corrected chi connectivity index (χ2v) is 13.1. The first kappa shape index (κ1) is 29.1. The summed E-state index contributed by atoms with van der Waals surface area (Å²) in [6.45, 7) is 0.187. The van der Waals surface area contributed by atoms with Crippen LogP contribution in [0, 0.1) is 23.7 Å². The fourth-order valence-electron chi connectivity index (χ4n) is 8.94. The number of nitrogens with zero attached hydrogens (tertiary/aromatic N) is 1. The number of hydrogen-bond acceptors (Lipinski definition) is 5. The molecule has 0 aromatic heterocycles. The van der Waals surface area contributed by atoms with Gasteiger partial charge in [-0.15, -0.1) is 0 Å². The van der Waals surface area contributed by atoms with Crippen LogP contribution < -0.4 is 0 Å². The van der Waals surface area contributed by atoms with Crippen molar-refractivity contribution < 1.29 is 24.3 Å². The molecule has 4 aromatic rings. The van der Waals surface area contributed by atoms with E-state index in [4.69, 9.17) is 0 Å². The number of allylic oxidation sites excluding steroid dienone is 4. The monoisotopic (exact) mass is 619 g/mol. The first-order valence-corrected chi connectivity index (χ1v) is 16.2. The molecule has 2 fully saturated rings. The van der Waals surface area contributed by atoms with E-state index < -0.39 is 35.0 Å². The van der Waals surface area contributed by atoms with Crippen LogP contribution in [0.25, 0.3) is 5.57 Å². The molecule has 1 heterocycles. The number of amides is 2. The Labute approximate surface area is 273 Å². The van der Waals surface area contributed by atoms with E-state index >= 15 is 0 Å². The lowest BCUT2D eigenvalue weighted by atomic mass is 9.44.